The Morgan fingerprint density at radius 2 is 2.20 bits per heavy atom. The molecule has 0 aliphatic heterocycles. The quantitative estimate of drug-likeness (QED) is 0.405. The highest BCUT2D eigenvalue weighted by Gasteiger charge is 2.15. The van der Waals surface area contributed by atoms with Gasteiger partial charge in [0.1, 0.15) is 24.3 Å². The lowest BCUT2D eigenvalue weighted by Crippen LogP contribution is -2.03. The van der Waals surface area contributed by atoms with Crippen LogP contribution < -0.4 is 10.5 Å². The normalized spacial score (nSPS) is 11.3. The molecule has 0 aliphatic carbocycles. The van der Waals surface area contributed by atoms with Crippen LogP contribution in [-0.4, -0.2) is 27.8 Å². The van der Waals surface area contributed by atoms with Crippen molar-refractivity contribution in [1.82, 2.24) is 15.0 Å². The molecule has 1 aromatic carbocycles. The van der Waals surface area contributed by atoms with Gasteiger partial charge in [0.15, 0.2) is 11.6 Å². The van der Waals surface area contributed by atoms with E-state index >= 15 is 0 Å². The number of nitrogens with two attached hydrogens (primary N) is 1. The van der Waals surface area contributed by atoms with Crippen molar-refractivity contribution >= 4 is 22.9 Å². The van der Waals surface area contributed by atoms with Crippen molar-refractivity contribution in [1.29, 1.82) is 0 Å². The van der Waals surface area contributed by atoms with Crippen molar-refractivity contribution in [2.75, 3.05) is 12.3 Å². The van der Waals surface area contributed by atoms with E-state index in [-0.39, 0.29) is 17.4 Å². The third-order valence-corrected chi connectivity index (χ3v) is 3.47. The SMILES string of the molecule is CCCO/N=C/c1c(N)ncnc1Oc1ccc2[nH]c(C)cc2c1F. The van der Waals surface area contributed by atoms with Gasteiger partial charge in [0.2, 0.25) is 5.88 Å². The van der Waals surface area contributed by atoms with E-state index < -0.39 is 5.82 Å². The molecule has 25 heavy (non-hydrogen) atoms. The monoisotopic (exact) mass is 343 g/mol. The number of nitrogen functional groups attached to an aromatic ring is 1. The second kappa shape index (κ2) is 7.16. The first-order chi connectivity index (χ1) is 12.1. The Kier molecular flexibility index (Phi) is 4.78. The zero-order chi connectivity index (χ0) is 17.8. The number of anilines is 1. The number of aromatic amines is 1. The van der Waals surface area contributed by atoms with E-state index in [1.165, 1.54) is 18.6 Å². The summed E-state index contributed by atoms with van der Waals surface area (Å²) in [6, 6.07) is 4.98. The molecular formula is C17H18FN5O2. The number of H-pyrrole nitrogens is 1. The maximum Gasteiger partial charge on any atom is 0.233 e. The van der Waals surface area contributed by atoms with Gasteiger partial charge < -0.3 is 20.3 Å². The van der Waals surface area contributed by atoms with Crippen molar-refractivity contribution < 1.29 is 14.0 Å². The number of rotatable bonds is 6. The molecule has 2 heterocycles. The summed E-state index contributed by atoms with van der Waals surface area (Å²) in [4.78, 5) is 16.1. The average molecular weight is 343 g/mol. The van der Waals surface area contributed by atoms with Gasteiger partial charge >= 0.3 is 0 Å². The minimum atomic E-state index is -0.482. The number of aryl methyl sites for hydroxylation is 1. The summed E-state index contributed by atoms with van der Waals surface area (Å²) in [6.45, 7) is 4.29. The van der Waals surface area contributed by atoms with E-state index in [1.54, 1.807) is 12.1 Å². The molecule has 0 saturated carbocycles. The van der Waals surface area contributed by atoms with E-state index in [2.05, 4.69) is 20.1 Å². The molecule has 0 atom stereocenters. The van der Waals surface area contributed by atoms with Crippen LogP contribution in [0, 0.1) is 12.7 Å². The Hall–Kier alpha value is -3.16. The molecule has 0 unspecified atom stereocenters. The standard InChI is InChI=1S/C17H18FN5O2/c1-3-6-24-22-8-12-16(19)20-9-21-17(12)25-14-5-4-13-11(15(14)18)7-10(2)23-13/h4-5,7-9,23H,3,6H2,1-2H3,(H2,19,20,21)/b22-8+. The lowest BCUT2D eigenvalue weighted by molar-refractivity contribution is 0.146. The summed E-state index contributed by atoms with van der Waals surface area (Å²) in [5, 5.41) is 4.25. The number of nitrogens with one attached hydrogen (secondary N) is 1. The fourth-order valence-electron chi connectivity index (χ4n) is 2.30. The Labute approximate surface area is 143 Å². The van der Waals surface area contributed by atoms with Crippen molar-refractivity contribution in [2.24, 2.45) is 5.16 Å². The van der Waals surface area contributed by atoms with E-state index in [0.717, 1.165) is 12.1 Å². The molecule has 0 amide bonds. The number of fused-ring (bicyclic) bond motifs is 1. The highest BCUT2D eigenvalue weighted by atomic mass is 19.1. The number of aromatic nitrogens is 3. The molecule has 0 bridgehead atoms. The highest BCUT2D eigenvalue weighted by Crippen LogP contribution is 2.31. The van der Waals surface area contributed by atoms with Crippen LogP contribution in [0.25, 0.3) is 10.9 Å². The maximum atomic E-state index is 14.7. The predicted molar refractivity (Wildman–Crippen MR) is 93.3 cm³/mol. The molecule has 0 fully saturated rings. The summed E-state index contributed by atoms with van der Waals surface area (Å²) >= 11 is 0. The van der Waals surface area contributed by atoms with Crippen LogP contribution in [0.3, 0.4) is 0 Å². The third-order valence-electron chi connectivity index (χ3n) is 3.47. The van der Waals surface area contributed by atoms with Gasteiger partial charge in [-0.1, -0.05) is 12.1 Å². The van der Waals surface area contributed by atoms with Gasteiger partial charge in [-0.3, -0.25) is 0 Å². The molecule has 7 nitrogen and oxygen atoms in total. The van der Waals surface area contributed by atoms with Gasteiger partial charge in [-0.15, -0.1) is 0 Å². The minimum absolute atomic E-state index is 0.0359. The molecule has 2 aromatic heterocycles. The molecule has 130 valence electrons. The Balaban J connectivity index is 1.94. The first kappa shape index (κ1) is 16.7. The summed E-state index contributed by atoms with van der Waals surface area (Å²) in [6.07, 6.45) is 3.42. The van der Waals surface area contributed by atoms with Crippen LogP contribution >= 0.6 is 0 Å². The molecule has 0 aliphatic rings. The van der Waals surface area contributed by atoms with Gasteiger partial charge in [-0.25, -0.2) is 14.4 Å². The van der Waals surface area contributed by atoms with E-state index in [1.807, 2.05) is 13.8 Å². The summed E-state index contributed by atoms with van der Waals surface area (Å²) in [5.41, 5.74) is 7.72. The van der Waals surface area contributed by atoms with E-state index in [0.29, 0.717) is 23.1 Å². The molecule has 8 heteroatoms. The van der Waals surface area contributed by atoms with Crippen LogP contribution in [-0.2, 0) is 4.84 Å². The van der Waals surface area contributed by atoms with Gasteiger partial charge in [0.05, 0.1) is 6.21 Å². The predicted octanol–water partition coefficient (Wildman–Crippen LogP) is 3.54. The Morgan fingerprint density at radius 1 is 1.36 bits per heavy atom. The number of hydrogen-bond acceptors (Lipinski definition) is 6. The van der Waals surface area contributed by atoms with Gasteiger partial charge in [-0.2, -0.15) is 0 Å². The van der Waals surface area contributed by atoms with Gasteiger partial charge in [0.25, 0.3) is 0 Å². The molecule has 3 rings (SSSR count). The second-order valence-corrected chi connectivity index (χ2v) is 5.44. The van der Waals surface area contributed by atoms with Crippen LogP contribution in [0.4, 0.5) is 10.2 Å². The summed E-state index contributed by atoms with van der Waals surface area (Å²) in [7, 11) is 0. The number of hydrogen-bond donors (Lipinski definition) is 2. The number of nitrogens with zero attached hydrogens (tertiary/aromatic N) is 3. The topological polar surface area (TPSA) is 98.4 Å². The molecular weight excluding hydrogens is 325 g/mol. The van der Waals surface area contributed by atoms with Gasteiger partial charge in [0, 0.05) is 16.6 Å². The van der Waals surface area contributed by atoms with Crippen LogP contribution in [0.2, 0.25) is 0 Å². The maximum absolute atomic E-state index is 14.7. The Morgan fingerprint density at radius 3 is 3.00 bits per heavy atom. The number of ether oxygens (including phenoxy) is 1. The fourth-order valence-corrected chi connectivity index (χ4v) is 2.30. The van der Waals surface area contributed by atoms with Crippen LogP contribution in [0.15, 0.2) is 29.7 Å². The zero-order valence-electron chi connectivity index (χ0n) is 13.9. The lowest BCUT2D eigenvalue weighted by atomic mass is 10.2. The zero-order valence-corrected chi connectivity index (χ0v) is 13.9. The average Bonchev–Trinajstić information content (AvgIpc) is 2.97. The fraction of sp³-hybridized carbons (Fsp3) is 0.235. The minimum Gasteiger partial charge on any atom is -0.435 e. The van der Waals surface area contributed by atoms with E-state index in [9.17, 15) is 4.39 Å². The molecule has 3 N–H and O–H groups in total. The Bertz CT molecular complexity index is 923. The first-order valence-corrected chi connectivity index (χ1v) is 7.81. The first-order valence-electron chi connectivity index (χ1n) is 7.81. The van der Waals surface area contributed by atoms with Crippen LogP contribution in [0.1, 0.15) is 24.6 Å². The summed E-state index contributed by atoms with van der Waals surface area (Å²) in [5.74, 6) is -0.187. The van der Waals surface area contributed by atoms with E-state index in [4.69, 9.17) is 15.3 Å². The highest BCUT2D eigenvalue weighted by molar-refractivity contribution is 5.88. The molecule has 3 aromatic rings. The summed E-state index contributed by atoms with van der Waals surface area (Å²) < 4.78 is 20.3. The lowest BCUT2D eigenvalue weighted by Gasteiger charge is -2.09. The third kappa shape index (κ3) is 3.52. The van der Waals surface area contributed by atoms with Crippen molar-refractivity contribution in [3.05, 3.63) is 41.6 Å². The molecule has 0 spiro atoms. The smallest absolute Gasteiger partial charge is 0.233 e. The van der Waals surface area contributed by atoms with Crippen molar-refractivity contribution in [3.63, 3.8) is 0 Å². The molecule has 0 radical (unpaired) electrons. The number of oxime groups is 1. The van der Waals surface area contributed by atoms with Crippen LogP contribution in [0.5, 0.6) is 11.6 Å². The largest absolute Gasteiger partial charge is 0.435 e. The second-order valence-electron chi connectivity index (χ2n) is 5.44. The number of benzene rings is 1. The van der Waals surface area contributed by atoms with Gasteiger partial charge in [-0.05, 0) is 31.5 Å². The van der Waals surface area contributed by atoms with Crippen molar-refractivity contribution in [2.45, 2.75) is 20.3 Å². The van der Waals surface area contributed by atoms with Crippen molar-refractivity contribution in [3.8, 4) is 11.6 Å². The molecule has 0 saturated heterocycles. The number of halogens is 1.